The Morgan fingerprint density at radius 3 is 2.45 bits per heavy atom. The lowest BCUT2D eigenvalue weighted by atomic mass is 9.87. The third kappa shape index (κ3) is 4.55. The SMILES string of the molecule is CCN(C(=O)COc1cccc(C(C)(C)C)c1)C(C)C. The van der Waals surface area contributed by atoms with E-state index in [9.17, 15) is 4.79 Å². The Morgan fingerprint density at radius 2 is 1.95 bits per heavy atom. The molecule has 0 aromatic heterocycles. The summed E-state index contributed by atoms with van der Waals surface area (Å²) >= 11 is 0. The Hall–Kier alpha value is -1.51. The fourth-order valence-corrected chi connectivity index (χ4v) is 2.11. The van der Waals surface area contributed by atoms with Crippen molar-refractivity contribution >= 4 is 5.91 Å². The summed E-state index contributed by atoms with van der Waals surface area (Å²) in [6.07, 6.45) is 0. The van der Waals surface area contributed by atoms with Gasteiger partial charge in [0.1, 0.15) is 5.75 Å². The summed E-state index contributed by atoms with van der Waals surface area (Å²) in [5.74, 6) is 0.786. The normalized spacial score (nSPS) is 11.6. The fourth-order valence-electron chi connectivity index (χ4n) is 2.11. The van der Waals surface area contributed by atoms with Crippen molar-refractivity contribution in [2.24, 2.45) is 0 Å². The average molecular weight is 277 g/mol. The van der Waals surface area contributed by atoms with Crippen LogP contribution >= 0.6 is 0 Å². The maximum Gasteiger partial charge on any atom is 0.260 e. The van der Waals surface area contributed by atoms with E-state index >= 15 is 0 Å². The van der Waals surface area contributed by atoms with E-state index in [1.54, 1.807) is 0 Å². The van der Waals surface area contributed by atoms with Crippen molar-refractivity contribution in [1.29, 1.82) is 0 Å². The molecule has 0 saturated carbocycles. The Balaban J connectivity index is 2.69. The largest absolute Gasteiger partial charge is 0.484 e. The minimum atomic E-state index is 0.0312. The highest BCUT2D eigenvalue weighted by Gasteiger charge is 2.17. The number of benzene rings is 1. The fraction of sp³-hybridized carbons (Fsp3) is 0.588. The molecule has 1 aromatic carbocycles. The highest BCUT2D eigenvalue weighted by molar-refractivity contribution is 5.78. The lowest BCUT2D eigenvalue weighted by molar-refractivity contribution is -0.134. The van der Waals surface area contributed by atoms with Gasteiger partial charge in [0.05, 0.1) is 0 Å². The van der Waals surface area contributed by atoms with Crippen LogP contribution in [0.4, 0.5) is 0 Å². The first-order valence-corrected chi connectivity index (χ1v) is 7.28. The van der Waals surface area contributed by atoms with E-state index in [-0.39, 0.29) is 24.0 Å². The molecule has 0 spiro atoms. The summed E-state index contributed by atoms with van der Waals surface area (Å²) < 4.78 is 5.65. The van der Waals surface area contributed by atoms with Crippen molar-refractivity contribution in [2.45, 2.75) is 53.0 Å². The Labute approximate surface area is 122 Å². The quantitative estimate of drug-likeness (QED) is 0.822. The van der Waals surface area contributed by atoms with Gasteiger partial charge in [-0.1, -0.05) is 32.9 Å². The molecule has 112 valence electrons. The third-order valence-corrected chi connectivity index (χ3v) is 3.35. The molecule has 0 fully saturated rings. The van der Waals surface area contributed by atoms with Crippen molar-refractivity contribution in [3.8, 4) is 5.75 Å². The molecule has 20 heavy (non-hydrogen) atoms. The minimum Gasteiger partial charge on any atom is -0.484 e. The number of nitrogens with zero attached hydrogens (tertiary/aromatic N) is 1. The first-order chi connectivity index (χ1) is 9.25. The van der Waals surface area contributed by atoms with Crippen LogP contribution in [-0.2, 0) is 10.2 Å². The lowest BCUT2D eigenvalue weighted by Gasteiger charge is -2.25. The second-order valence-corrected chi connectivity index (χ2v) is 6.34. The van der Waals surface area contributed by atoms with Gasteiger partial charge in [-0.25, -0.2) is 0 Å². The smallest absolute Gasteiger partial charge is 0.260 e. The molecule has 0 aliphatic rings. The van der Waals surface area contributed by atoms with Gasteiger partial charge in [0, 0.05) is 12.6 Å². The number of amides is 1. The Kier molecular flexibility index (Phi) is 5.61. The standard InChI is InChI=1S/C17H27NO2/c1-7-18(13(2)3)16(19)12-20-15-10-8-9-14(11-15)17(4,5)6/h8-11,13H,7,12H2,1-6H3. The van der Waals surface area contributed by atoms with Crippen molar-refractivity contribution in [3.05, 3.63) is 29.8 Å². The van der Waals surface area contributed by atoms with Crippen LogP contribution in [0, 0.1) is 0 Å². The third-order valence-electron chi connectivity index (χ3n) is 3.35. The molecule has 3 nitrogen and oxygen atoms in total. The number of likely N-dealkylation sites (N-methyl/N-ethyl adjacent to an activating group) is 1. The van der Waals surface area contributed by atoms with E-state index in [2.05, 4.69) is 26.8 Å². The molecule has 0 bridgehead atoms. The van der Waals surface area contributed by atoms with Gasteiger partial charge in [0.25, 0.3) is 5.91 Å². The van der Waals surface area contributed by atoms with E-state index in [1.807, 2.05) is 43.9 Å². The van der Waals surface area contributed by atoms with Crippen molar-refractivity contribution in [3.63, 3.8) is 0 Å². The predicted octanol–water partition coefficient (Wildman–Crippen LogP) is 3.62. The first kappa shape index (κ1) is 16.5. The van der Waals surface area contributed by atoms with Crippen LogP contribution in [0.2, 0.25) is 0 Å². The number of rotatable bonds is 5. The molecule has 0 saturated heterocycles. The zero-order valence-electron chi connectivity index (χ0n) is 13.6. The molecular formula is C17H27NO2. The van der Waals surface area contributed by atoms with Crippen LogP contribution in [0.15, 0.2) is 24.3 Å². The molecule has 0 unspecified atom stereocenters. The molecule has 0 atom stereocenters. The summed E-state index contributed by atoms with van der Waals surface area (Å²) in [4.78, 5) is 13.9. The minimum absolute atomic E-state index is 0.0312. The molecule has 3 heteroatoms. The monoisotopic (exact) mass is 277 g/mol. The maximum absolute atomic E-state index is 12.1. The Morgan fingerprint density at radius 1 is 1.30 bits per heavy atom. The van der Waals surface area contributed by atoms with Crippen LogP contribution in [-0.4, -0.2) is 30.0 Å². The zero-order chi connectivity index (χ0) is 15.3. The molecule has 0 aliphatic carbocycles. The maximum atomic E-state index is 12.1. The molecule has 1 aromatic rings. The zero-order valence-corrected chi connectivity index (χ0v) is 13.6. The second-order valence-electron chi connectivity index (χ2n) is 6.34. The number of ether oxygens (including phenoxy) is 1. The van der Waals surface area contributed by atoms with Gasteiger partial charge in [-0.05, 0) is 43.9 Å². The highest BCUT2D eigenvalue weighted by atomic mass is 16.5. The van der Waals surface area contributed by atoms with Crippen LogP contribution < -0.4 is 4.74 Å². The Bertz CT molecular complexity index is 447. The van der Waals surface area contributed by atoms with Gasteiger partial charge < -0.3 is 9.64 Å². The predicted molar refractivity (Wildman–Crippen MR) is 83.2 cm³/mol. The first-order valence-electron chi connectivity index (χ1n) is 7.28. The number of carbonyl (C=O) groups excluding carboxylic acids is 1. The molecule has 1 amide bonds. The topological polar surface area (TPSA) is 29.5 Å². The molecule has 0 heterocycles. The van der Waals surface area contributed by atoms with Gasteiger partial charge in [-0.2, -0.15) is 0 Å². The second kappa shape index (κ2) is 6.78. The van der Waals surface area contributed by atoms with Crippen molar-refractivity contribution in [1.82, 2.24) is 4.90 Å². The van der Waals surface area contributed by atoms with Crippen LogP contribution in [0.1, 0.15) is 47.1 Å². The highest BCUT2D eigenvalue weighted by Crippen LogP contribution is 2.25. The molecule has 1 rings (SSSR count). The summed E-state index contributed by atoms with van der Waals surface area (Å²) in [7, 11) is 0. The number of hydrogen-bond donors (Lipinski definition) is 0. The average Bonchev–Trinajstić information content (AvgIpc) is 2.36. The van der Waals surface area contributed by atoms with Gasteiger partial charge >= 0.3 is 0 Å². The van der Waals surface area contributed by atoms with Crippen LogP contribution in [0.25, 0.3) is 0 Å². The van der Waals surface area contributed by atoms with Crippen LogP contribution in [0.5, 0.6) is 5.75 Å². The van der Waals surface area contributed by atoms with E-state index in [1.165, 1.54) is 5.56 Å². The van der Waals surface area contributed by atoms with Gasteiger partial charge in [-0.15, -0.1) is 0 Å². The number of hydrogen-bond acceptors (Lipinski definition) is 2. The van der Waals surface area contributed by atoms with Gasteiger partial charge in [-0.3, -0.25) is 4.79 Å². The van der Waals surface area contributed by atoms with E-state index in [0.29, 0.717) is 6.54 Å². The van der Waals surface area contributed by atoms with Crippen LogP contribution in [0.3, 0.4) is 0 Å². The van der Waals surface area contributed by atoms with E-state index in [4.69, 9.17) is 4.74 Å². The van der Waals surface area contributed by atoms with Gasteiger partial charge in [0.2, 0.25) is 0 Å². The molecule has 0 aliphatic heterocycles. The summed E-state index contributed by atoms with van der Waals surface area (Å²) in [6.45, 7) is 13.3. The van der Waals surface area contributed by atoms with E-state index in [0.717, 1.165) is 5.75 Å². The summed E-state index contributed by atoms with van der Waals surface area (Å²) in [5, 5.41) is 0. The summed E-state index contributed by atoms with van der Waals surface area (Å²) in [5.41, 5.74) is 1.29. The van der Waals surface area contributed by atoms with Crippen molar-refractivity contribution in [2.75, 3.05) is 13.2 Å². The molecule has 0 radical (unpaired) electrons. The molecular weight excluding hydrogens is 250 g/mol. The summed E-state index contributed by atoms with van der Waals surface area (Å²) in [6, 6.07) is 8.17. The number of carbonyl (C=O) groups is 1. The molecule has 0 N–H and O–H groups in total. The van der Waals surface area contributed by atoms with Gasteiger partial charge in [0.15, 0.2) is 6.61 Å². The lowest BCUT2D eigenvalue weighted by Crippen LogP contribution is -2.39. The van der Waals surface area contributed by atoms with E-state index < -0.39 is 0 Å². The van der Waals surface area contributed by atoms with Crippen molar-refractivity contribution < 1.29 is 9.53 Å².